The van der Waals surface area contributed by atoms with E-state index in [1.165, 1.54) is 18.7 Å². The number of hydrogen-bond donors (Lipinski definition) is 1. The van der Waals surface area contributed by atoms with E-state index in [0.717, 1.165) is 5.69 Å². The van der Waals surface area contributed by atoms with Gasteiger partial charge in [0.05, 0.1) is 0 Å². The van der Waals surface area contributed by atoms with E-state index in [-0.39, 0.29) is 18.5 Å². The van der Waals surface area contributed by atoms with Crippen LogP contribution in [0, 0.1) is 0 Å². The van der Waals surface area contributed by atoms with Crippen molar-refractivity contribution in [1.82, 2.24) is 0 Å². The van der Waals surface area contributed by atoms with Gasteiger partial charge < -0.3 is 10.1 Å². The monoisotopic (exact) mass is 267 g/mol. The van der Waals surface area contributed by atoms with Gasteiger partial charge in [0.1, 0.15) is 11.4 Å². The third kappa shape index (κ3) is 4.07. The lowest BCUT2D eigenvalue weighted by Crippen LogP contribution is -2.41. The van der Waals surface area contributed by atoms with Crippen LogP contribution in [-0.2, 0) is 14.3 Å². The highest BCUT2D eigenvalue weighted by Gasteiger charge is 2.33. The third-order valence-corrected chi connectivity index (χ3v) is 3.72. The lowest BCUT2D eigenvalue weighted by Gasteiger charge is -2.25. The molecular weight excluding hydrogens is 250 g/mol. The molecule has 0 aromatic heterocycles. The van der Waals surface area contributed by atoms with E-state index in [1.807, 2.05) is 36.6 Å². The number of para-hydroxylation sites is 1. The van der Waals surface area contributed by atoms with E-state index in [9.17, 15) is 9.59 Å². The standard InChI is InChI=1S/C13H17NO3S/c1-10(15)17-9-13(2,18-3)12(16)14-11-7-5-4-6-8-11/h4-8H,9H2,1-3H3,(H,14,16). The van der Waals surface area contributed by atoms with Crippen LogP contribution < -0.4 is 5.32 Å². The molecule has 1 rings (SSSR count). The molecule has 0 spiro atoms. The molecule has 1 atom stereocenters. The Morgan fingerprint density at radius 3 is 2.44 bits per heavy atom. The van der Waals surface area contributed by atoms with Crippen LogP contribution in [0.4, 0.5) is 5.69 Å². The molecule has 1 aromatic carbocycles. The molecule has 0 fully saturated rings. The van der Waals surface area contributed by atoms with Crippen molar-refractivity contribution in [1.29, 1.82) is 0 Å². The summed E-state index contributed by atoms with van der Waals surface area (Å²) in [5.41, 5.74) is 0.727. The molecule has 1 N–H and O–H groups in total. The van der Waals surface area contributed by atoms with Gasteiger partial charge in [-0.1, -0.05) is 18.2 Å². The zero-order valence-electron chi connectivity index (χ0n) is 10.7. The molecule has 0 saturated heterocycles. The topological polar surface area (TPSA) is 55.4 Å². The van der Waals surface area contributed by atoms with E-state index in [0.29, 0.717) is 0 Å². The van der Waals surface area contributed by atoms with Crippen molar-refractivity contribution >= 4 is 29.3 Å². The fourth-order valence-corrected chi connectivity index (χ4v) is 1.65. The minimum atomic E-state index is -0.790. The molecule has 0 heterocycles. The van der Waals surface area contributed by atoms with Gasteiger partial charge in [-0.05, 0) is 25.3 Å². The Morgan fingerprint density at radius 2 is 1.94 bits per heavy atom. The minimum absolute atomic E-state index is 0.0577. The van der Waals surface area contributed by atoms with Crippen LogP contribution in [0.1, 0.15) is 13.8 Å². The second-order valence-corrected chi connectivity index (χ2v) is 5.34. The maximum absolute atomic E-state index is 12.2. The predicted octanol–water partition coefficient (Wildman–Crippen LogP) is 2.31. The molecule has 18 heavy (non-hydrogen) atoms. The number of anilines is 1. The van der Waals surface area contributed by atoms with E-state index in [2.05, 4.69) is 5.32 Å². The molecule has 0 aliphatic carbocycles. The van der Waals surface area contributed by atoms with Gasteiger partial charge in [-0.15, -0.1) is 11.8 Å². The Kier molecular flexibility index (Phi) is 5.22. The van der Waals surface area contributed by atoms with Crippen molar-refractivity contribution in [2.75, 3.05) is 18.2 Å². The number of rotatable bonds is 5. The van der Waals surface area contributed by atoms with Crippen LogP contribution in [0.25, 0.3) is 0 Å². The highest BCUT2D eigenvalue weighted by molar-refractivity contribution is 8.00. The molecule has 0 aliphatic heterocycles. The van der Waals surface area contributed by atoms with Crippen molar-refractivity contribution in [2.24, 2.45) is 0 Å². The second-order valence-electron chi connectivity index (χ2n) is 4.04. The first kappa shape index (κ1) is 14.6. The molecule has 1 amide bonds. The number of carbonyl (C=O) groups excluding carboxylic acids is 2. The molecular formula is C13H17NO3S. The van der Waals surface area contributed by atoms with Crippen LogP contribution >= 0.6 is 11.8 Å². The summed E-state index contributed by atoms with van der Waals surface area (Å²) in [6, 6.07) is 9.19. The largest absolute Gasteiger partial charge is 0.464 e. The van der Waals surface area contributed by atoms with E-state index in [1.54, 1.807) is 6.92 Å². The number of esters is 1. The van der Waals surface area contributed by atoms with Gasteiger partial charge in [-0.3, -0.25) is 9.59 Å². The average molecular weight is 267 g/mol. The summed E-state index contributed by atoms with van der Waals surface area (Å²) in [7, 11) is 0. The zero-order valence-corrected chi connectivity index (χ0v) is 11.5. The lowest BCUT2D eigenvalue weighted by molar-refractivity contribution is -0.142. The van der Waals surface area contributed by atoms with Gasteiger partial charge >= 0.3 is 5.97 Å². The van der Waals surface area contributed by atoms with Crippen molar-refractivity contribution in [3.8, 4) is 0 Å². The smallest absolute Gasteiger partial charge is 0.302 e. The Bertz CT molecular complexity index is 422. The molecule has 0 bridgehead atoms. The SMILES string of the molecule is CSC(C)(COC(C)=O)C(=O)Nc1ccccc1. The van der Waals surface area contributed by atoms with Crippen molar-refractivity contribution < 1.29 is 14.3 Å². The summed E-state index contributed by atoms with van der Waals surface area (Å²) in [5, 5.41) is 2.81. The van der Waals surface area contributed by atoms with Gasteiger partial charge in [0.15, 0.2) is 0 Å². The number of amides is 1. The quantitative estimate of drug-likeness (QED) is 0.832. The summed E-state index contributed by atoms with van der Waals surface area (Å²) in [6.45, 7) is 3.14. The van der Waals surface area contributed by atoms with Crippen molar-refractivity contribution in [3.05, 3.63) is 30.3 Å². The maximum atomic E-state index is 12.2. The molecule has 0 radical (unpaired) electrons. The number of hydrogen-bond acceptors (Lipinski definition) is 4. The van der Waals surface area contributed by atoms with E-state index >= 15 is 0 Å². The zero-order chi connectivity index (χ0) is 13.6. The number of ether oxygens (including phenoxy) is 1. The van der Waals surface area contributed by atoms with Gasteiger partial charge in [0, 0.05) is 12.6 Å². The summed E-state index contributed by atoms with van der Waals surface area (Å²) >= 11 is 1.35. The van der Waals surface area contributed by atoms with Crippen LogP contribution in [0.3, 0.4) is 0 Å². The molecule has 0 aliphatic rings. The van der Waals surface area contributed by atoms with Crippen molar-refractivity contribution in [2.45, 2.75) is 18.6 Å². The lowest BCUT2D eigenvalue weighted by atomic mass is 10.1. The van der Waals surface area contributed by atoms with Gasteiger partial charge in [0.2, 0.25) is 5.91 Å². The highest BCUT2D eigenvalue weighted by atomic mass is 32.2. The normalized spacial score (nSPS) is 13.5. The van der Waals surface area contributed by atoms with Gasteiger partial charge in [-0.2, -0.15) is 0 Å². The predicted molar refractivity (Wildman–Crippen MR) is 73.6 cm³/mol. The van der Waals surface area contributed by atoms with Gasteiger partial charge in [-0.25, -0.2) is 0 Å². The summed E-state index contributed by atoms with van der Waals surface area (Å²) in [4.78, 5) is 23.0. The number of thioether (sulfide) groups is 1. The van der Waals surface area contributed by atoms with Crippen LogP contribution in [0.2, 0.25) is 0 Å². The molecule has 0 saturated carbocycles. The minimum Gasteiger partial charge on any atom is -0.464 e. The second kappa shape index (κ2) is 6.44. The average Bonchev–Trinajstić information content (AvgIpc) is 2.37. The van der Waals surface area contributed by atoms with Crippen LogP contribution in [0.15, 0.2) is 30.3 Å². The number of carbonyl (C=O) groups is 2. The van der Waals surface area contributed by atoms with Crippen molar-refractivity contribution in [3.63, 3.8) is 0 Å². The molecule has 5 heteroatoms. The molecule has 98 valence electrons. The Morgan fingerprint density at radius 1 is 1.33 bits per heavy atom. The van der Waals surface area contributed by atoms with E-state index < -0.39 is 4.75 Å². The Balaban J connectivity index is 2.69. The Labute approximate surface area is 111 Å². The Hall–Kier alpha value is -1.49. The number of benzene rings is 1. The third-order valence-electron chi connectivity index (χ3n) is 2.51. The fourth-order valence-electron chi connectivity index (χ4n) is 1.24. The van der Waals surface area contributed by atoms with Crippen LogP contribution in [0.5, 0.6) is 0 Å². The van der Waals surface area contributed by atoms with Crippen LogP contribution in [-0.4, -0.2) is 29.5 Å². The molecule has 1 unspecified atom stereocenters. The summed E-state index contributed by atoms with van der Waals surface area (Å²) in [5.74, 6) is -0.565. The first-order valence-electron chi connectivity index (χ1n) is 5.53. The summed E-state index contributed by atoms with van der Waals surface area (Å²) < 4.78 is 4.15. The first-order chi connectivity index (χ1) is 8.48. The summed E-state index contributed by atoms with van der Waals surface area (Å²) in [6.07, 6.45) is 1.81. The molecule has 1 aromatic rings. The first-order valence-corrected chi connectivity index (χ1v) is 6.75. The number of nitrogens with one attached hydrogen (secondary N) is 1. The van der Waals surface area contributed by atoms with E-state index in [4.69, 9.17) is 4.74 Å². The maximum Gasteiger partial charge on any atom is 0.302 e. The van der Waals surface area contributed by atoms with Gasteiger partial charge in [0.25, 0.3) is 0 Å². The fraction of sp³-hybridized carbons (Fsp3) is 0.385. The highest BCUT2D eigenvalue weighted by Crippen LogP contribution is 2.24. The molecule has 4 nitrogen and oxygen atoms in total.